The summed E-state index contributed by atoms with van der Waals surface area (Å²) in [4.78, 5) is 15.9. The second-order valence-corrected chi connectivity index (χ2v) is 6.47. The molecule has 2 heterocycles. The van der Waals surface area contributed by atoms with Crippen LogP contribution < -0.4 is 5.32 Å². The van der Waals surface area contributed by atoms with Crippen LogP contribution in [0.1, 0.15) is 50.6 Å². The van der Waals surface area contributed by atoms with Crippen molar-refractivity contribution in [3.8, 4) is 0 Å². The molecule has 3 nitrogen and oxygen atoms in total. The normalized spacial score (nSPS) is 26.9. The zero-order chi connectivity index (χ0) is 12.8. The standard InChI is InChI=1S/C14H20N2OS/c1-3-5-10(2)16-12(11-6-4-9-18-11)15-14(7-8-14)13(16)17/h4,6,9-10,12,15H,3,5,7-8H2,1-2H3. The second kappa shape index (κ2) is 4.35. The van der Waals surface area contributed by atoms with Crippen LogP contribution in [0.25, 0.3) is 0 Å². The number of thiophene rings is 1. The van der Waals surface area contributed by atoms with Gasteiger partial charge in [0, 0.05) is 10.9 Å². The van der Waals surface area contributed by atoms with Gasteiger partial charge in [-0.3, -0.25) is 10.1 Å². The number of amides is 1. The highest BCUT2D eigenvalue weighted by molar-refractivity contribution is 7.10. The molecule has 0 bridgehead atoms. The van der Waals surface area contributed by atoms with Crippen molar-refractivity contribution in [3.63, 3.8) is 0 Å². The number of hydrogen-bond donors (Lipinski definition) is 1. The summed E-state index contributed by atoms with van der Waals surface area (Å²) in [5.74, 6) is 0.321. The molecule has 98 valence electrons. The van der Waals surface area contributed by atoms with Crippen LogP contribution in [-0.4, -0.2) is 22.4 Å². The lowest BCUT2D eigenvalue weighted by Crippen LogP contribution is -2.38. The molecule has 2 unspecified atom stereocenters. The van der Waals surface area contributed by atoms with Crippen molar-refractivity contribution in [2.45, 2.75) is 57.3 Å². The van der Waals surface area contributed by atoms with Crippen LogP contribution in [0.4, 0.5) is 0 Å². The molecule has 1 aromatic heterocycles. The minimum absolute atomic E-state index is 0.0987. The number of hydrogen-bond acceptors (Lipinski definition) is 3. The van der Waals surface area contributed by atoms with Crippen molar-refractivity contribution in [2.24, 2.45) is 0 Å². The number of nitrogens with one attached hydrogen (secondary N) is 1. The second-order valence-electron chi connectivity index (χ2n) is 5.49. The summed E-state index contributed by atoms with van der Waals surface area (Å²) in [6.07, 6.45) is 4.30. The molecule has 1 saturated carbocycles. The first-order chi connectivity index (χ1) is 8.68. The van der Waals surface area contributed by atoms with Gasteiger partial charge < -0.3 is 4.90 Å². The Morgan fingerprint density at radius 3 is 2.94 bits per heavy atom. The molecule has 0 radical (unpaired) electrons. The topological polar surface area (TPSA) is 32.3 Å². The van der Waals surface area contributed by atoms with E-state index >= 15 is 0 Å². The number of carbonyl (C=O) groups is 1. The number of carbonyl (C=O) groups excluding carboxylic acids is 1. The zero-order valence-electron chi connectivity index (χ0n) is 11.0. The number of nitrogens with zero attached hydrogens (tertiary/aromatic N) is 1. The summed E-state index contributed by atoms with van der Waals surface area (Å²) < 4.78 is 0. The van der Waals surface area contributed by atoms with E-state index in [-0.39, 0.29) is 11.7 Å². The third-order valence-corrected chi connectivity index (χ3v) is 5.00. The maximum atomic E-state index is 12.6. The van der Waals surface area contributed by atoms with E-state index in [4.69, 9.17) is 0 Å². The van der Waals surface area contributed by atoms with E-state index in [0.717, 1.165) is 25.7 Å². The first-order valence-corrected chi connectivity index (χ1v) is 7.70. The zero-order valence-corrected chi connectivity index (χ0v) is 11.8. The summed E-state index contributed by atoms with van der Waals surface area (Å²) >= 11 is 1.73. The monoisotopic (exact) mass is 264 g/mol. The van der Waals surface area contributed by atoms with Gasteiger partial charge in [-0.25, -0.2) is 0 Å². The van der Waals surface area contributed by atoms with Gasteiger partial charge in [-0.05, 0) is 37.6 Å². The quantitative estimate of drug-likeness (QED) is 0.907. The lowest BCUT2D eigenvalue weighted by Gasteiger charge is -2.29. The summed E-state index contributed by atoms with van der Waals surface area (Å²) in [7, 11) is 0. The Bertz CT molecular complexity index is 439. The molecule has 1 amide bonds. The predicted octanol–water partition coefficient (Wildman–Crippen LogP) is 2.90. The van der Waals surface area contributed by atoms with Gasteiger partial charge in [-0.1, -0.05) is 19.4 Å². The first kappa shape index (κ1) is 12.2. The average Bonchev–Trinajstić information content (AvgIpc) is 2.83. The van der Waals surface area contributed by atoms with E-state index in [1.807, 2.05) is 0 Å². The van der Waals surface area contributed by atoms with Crippen LogP contribution in [0, 0.1) is 0 Å². The Kier molecular flexibility index (Phi) is 2.94. The molecular weight excluding hydrogens is 244 g/mol. The fraction of sp³-hybridized carbons (Fsp3) is 0.643. The smallest absolute Gasteiger partial charge is 0.244 e. The summed E-state index contributed by atoms with van der Waals surface area (Å²) in [6, 6.07) is 4.51. The highest BCUT2D eigenvalue weighted by Gasteiger charge is 2.60. The average molecular weight is 264 g/mol. The van der Waals surface area contributed by atoms with Gasteiger partial charge >= 0.3 is 0 Å². The van der Waals surface area contributed by atoms with E-state index < -0.39 is 0 Å². The Labute approximate surface area is 112 Å². The summed E-state index contributed by atoms with van der Waals surface area (Å²) in [5.41, 5.74) is -0.212. The van der Waals surface area contributed by atoms with Gasteiger partial charge in [0.2, 0.25) is 5.91 Å². The van der Waals surface area contributed by atoms with E-state index in [0.29, 0.717) is 11.9 Å². The Morgan fingerprint density at radius 2 is 2.39 bits per heavy atom. The molecule has 2 atom stereocenters. The van der Waals surface area contributed by atoms with Crippen molar-refractivity contribution in [1.29, 1.82) is 0 Å². The fourth-order valence-corrected chi connectivity index (χ4v) is 3.68. The number of rotatable bonds is 4. The minimum atomic E-state index is -0.212. The lowest BCUT2D eigenvalue weighted by atomic mass is 10.1. The van der Waals surface area contributed by atoms with Crippen molar-refractivity contribution in [3.05, 3.63) is 22.4 Å². The fourth-order valence-electron chi connectivity index (χ4n) is 2.91. The largest absolute Gasteiger partial charge is 0.318 e. The van der Waals surface area contributed by atoms with Gasteiger partial charge in [-0.2, -0.15) is 0 Å². The molecule has 1 N–H and O–H groups in total. The Hall–Kier alpha value is -0.870. The van der Waals surface area contributed by atoms with Crippen LogP contribution in [0.15, 0.2) is 17.5 Å². The van der Waals surface area contributed by atoms with Crippen molar-refractivity contribution in [1.82, 2.24) is 10.2 Å². The van der Waals surface area contributed by atoms with Gasteiger partial charge in [0.15, 0.2) is 0 Å². The minimum Gasteiger partial charge on any atom is -0.318 e. The van der Waals surface area contributed by atoms with Gasteiger partial charge in [-0.15, -0.1) is 11.3 Å². The van der Waals surface area contributed by atoms with Crippen molar-refractivity contribution < 1.29 is 4.79 Å². The molecule has 1 aliphatic heterocycles. The molecule has 2 aliphatic rings. The molecule has 1 spiro atoms. The van der Waals surface area contributed by atoms with E-state index in [1.165, 1.54) is 4.88 Å². The SMILES string of the molecule is CCCC(C)N1C(=O)C2(CC2)NC1c1cccs1. The van der Waals surface area contributed by atoms with Crippen LogP contribution in [0.5, 0.6) is 0 Å². The molecule has 0 aromatic carbocycles. The molecule has 1 aromatic rings. The molecule has 1 aliphatic carbocycles. The Balaban J connectivity index is 1.89. The van der Waals surface area contributed by atoms with Crippen molar-refractivity contribution >= 4 is 17.2 Å². The van der Waals surface area contributed by atoms with Crippen molar-refractivity contribution in [2.75, 3.05) is 0 Å². The third-order valence-electron chi connectivity index (χ3n) is 4.08. The molecule has 1 saturated heterocycles. The first-order valence-electron chi connectivity index (χ1n) is 6.82. The molecule has 3 rings (SSSR count). The van der Waals surface area contributed by atoms with Crippen LogP contribution >= 0.6 is 11.3 Å². The summed E-state index contributed by atoms with van der Waals surface area (Å²) in [6.45, 7) is 4.35. The third kappa shape index (κ3) is 1.79. The summed E-state index contributed by atoms with van der Waals surface area (Å²) in [5, 5.41) is 5.66. The maximum absolute atomic E-state index is 12.6. The van der Waals surface area contributed by atoms with Gasteiger partial charge in [0.1, 0.15) is 11.7 Å². The van der Waals surface area contributed by atoms with Crippen LogP contribution in [0.3, 0.4) is 0 Å². The highest BCUT2D eigenvalue weighted by atomic mass is 32.1. The molecule has 4 heteroatoms. The van der Waals surface area contributed by atoms with Gasteiger partial charge in [0.05, 0.1) is 0 Å². The lowest BCUT2D eigenvalue weighted by molar-refractivity contribution is -0.132. The molecule has 18 heavy (non-hydrogen) atoms. The van der Waals surface area contributed by atoms with Crippen LogP contribution in [-0.2, 0) is 4.79 Å². The predicted molar refractivity (Wildman–Crippen MR) is 73.4 cm³/mol. The maximum Gasteiger partial charge on any atom is 0.244 e. The van der Waals surface area contributed by atoms with E-state index in [2.05, 4.69) is 41.6 Å². The van der Waals surface area contributed by atoms with E-state index in [9.17, 15) is 4.79 Å². The highest BCUT2D eigenvalue weighted by Crippen LogP contribution is 2.47. The molecule has 2 fully saturated rings. The van der Waals surface area contributed by atoms with Gasteiger partial charge in [0.25, 0.3) is 0 Å². The van der Waals surface area contributed by atoms with E-state index in [1.54, 1.807) is 11.3 Å². The van der Waals surface area contributed by atoms with Crippen LogP contribution in [0.2, 0.25) is 0 Å². The Morgan fingerprint density at radius 1 is 1.61 bits per heavy atom. The molecular formula is C14H20N2OS.